The molecule has 5 rings (SSSR count). The molecule has 3 heterocycles. The fourth-order valence-electron chi connectivity index (χ4n) is 4.89. The maximum atomic E-state index is 15.2. The van der Waals surface area contributed by atoms with Crippen molar-refractivity contribution in [1.82, 2.24) is 14.5 Å². The van der Waals surface area contributed by atoms with Crippen molar-refractivity contribution in [3.05, 3.63) is 85.6 Å². The lowest BCUT2D eigenvalue weighted by Gasteiger charge is -2.26. The molecule has 1 saturated heterocycles. The number of Topliss-reactive ketones (excluding diaryl/α,β-unsaturated/α-hetero) is 1. The summed E-state index contributed by atoms with van der Waals surface area (Å²) in [5, 5.41) is 3.51. The first-order valence-electron chi connectivity index (χ1n) is 13.5. The second-order valence-electron chi connectivity index (χ2n) is 10.2. The predicted molar refractivity (Wildman–Crippen MR) is 160 cm³/mol. The largest absolute Gasteiger partial charge is 0.385 e. The lowest BCUT2D eigenvalue weighted by molar-refractivity contribution is -0.116. The molecule has 0 saturated carbocycles. The molecule has 1 aliphatic heterocycles. The Kier molecular flexibility index (Phi) is 9.02. The van der Waals surface area contributed by atoms with E-state index in [1.54, 1.807) is 31.2 Å². The lowest BCUT2D eigenvalue weighted by atomic mass is 10.1. The normalized spacial score (nSPS) is 14.3. The van der Waals surface area contributed by atoms with Crippen molar-refractivity contribution in [1.29, 1.82) is 0 Å². The number of morpholine rings is 1. The standard InChI is InChI=1S/C29H31FN4O6S2/c1-19-3-8-27(41-19)42(38,39)18-22(35)15-20-4-7-26(24(30)16-20)34-28(36)23-6-5-21(17-25(23)32-29(34)37)31-9-2-10-33-11-13-40-14-12-33/h3-8,16-17,31H,2,9-15,18H2,1H3,(H,32,37). The number of halogens is 1. The molecule has 1 fully saturated rings. The molecule has 0 radical (unpaired) electrons. The molecule has 0 spiro atoms. The van der Waals surface area contributed by atoms with E-state index in [9.17, 15) is 22.8 Å². The molecule has 4 aromatic rings. The third-order valence-corrected chi connectivity index (χ3v) is 10.3. The van der Waals surface area contributed by atoms with Crippen LogP contribution in [0.5, 0.6) is 0 Å². The van der Waals surface area contributed by atoms with Gasteiger partial charge in [-0.15, -0.1) is 11.3 Å². The molecule has 2 aromatic heterocycles. The zero-order valence-corrected chi connectivity index (χ0v) is 24.7. The van der Waals surface area contributed by atoms with Gasteiger partial charge in [-0.1, -0.05) is 6.07 Å². The summed E-state index contributed by atoms with van der Waals surface area (Å²) in [6, 6.07) is 11.8. The van der Waals surface area contributed by atoms with Crippen LogP contribution in [0.25, 0.3) is 16.6 Å². The van der Waals surface area contributed by atoms with Crippen LogP contribution in [0, 0.1) is 12.7 Å². The minimum absolute atomic E-state index is 0.108. The van der Waals surface area contributed by atoms with E-state index in [1.165, 1.54) is 18.2 Å². The van der Waals surface area contributed by atoms with Gasteiger partial charge < -0.3 is 15.0 Å². The Morgan fingerprint density at radius 1 is 1.10 bits per heavy atom. The van der Waals surface area contributed by atoms with Gasteiger partial charge in [0.25, 0.3) is 5.56 Å². The summed E-state index contributed by atoms with van der Waals surface area (Å²) < 4.78 is 46.4. The predicted octanol–water partition coefficient (Wildman–Crippen LogP) is 2.91. The van der Waals surface area contributed by atoms with Crippen LogP contribution in [0.15, 0.2) is 62.3 Å². The summed E-state index contributed by atoms with van der Waals surface area (Å²) in [5.41, 5.74) is -0.470. The first kappa shape index (κ1) is 29.8. The minimum atomic E-state index is -3.79. The topological polar surface area (TPSA) is 131 Å². The van der Waals surface area contributed by atoms with E-state index in [4.69, 9.17) is 4.74 Å². The Morgan fingerprint density at radius 2 is 1.88 bits per heavy atom. The molecule has 0 unspecified atom stereocenters. The number of nitrogens with one attached hydrogen (secondary N) is 2. The van der Waals surface area contributed by atoms with Gasteiger partial charge in [-0.3, -0.25) is 14.5 Å². The summed E-state index contributed by atoms with van der Waals surface area (Å²) in [4.78, 5) is 44.4. The number of aromatic nitrogens is 2. The quantitative estimate of drug-likeness (QED) is 0.247. The molecular formula is C29H31FN4O6S2. The fourth-order valence-corrected chi connectivity index (χ4v) is 7.50. The molecule has 2 N–H and O–H groups in total. The third kappa shape index (κ3) is 6.86. The Bertz CT molecular complexity index is 1840. The molecule has 222 valence electrons. The fraction of sp³-hybridized carbons (Fsp3) is 0.345. The molecule has 0 bridgehead atoms. The molecular weight excluding hydrogens is 583 g/mol. The van der Waals surface area contributed by atoms with Gasteiger partial charge in [0.05, 0.1) is 29.8 Å². The molecule has 2 aromatic carbocycles. The van der Waals surface area contributed by atoms with Crippen LogP contribution in [0.2, 0.25) is 0 Å². The summed E-state index contributed by atoms with van der Waals surface area (Å²) in [6.45, 7) is 6.77. The van der Waals surface area contributed by atoms with Gasteiger partial charge in [0.15, 0.2) is 15.6 Å². The number of H-pyrrole nitrogens is 1. The van der Waals surface area contributed by atoms with Gasteiger partial charge in [-0.25, -0.2) is 22.2 Å². The number of carbonyl (C=O) groups is 1. The monoisotopic (exact) mass is 614 g/mol. The van der Waals surface area contributed by atoms with E-state index in [0.717, 1.165) is 67.2 Å². The van der Waals surface area contributed by atoms with Crippen LogP contribution in [0.1, 0.15) is 16.9 Å². The van der Waals surface area contributed by atoms with E-state index in [2.05, 4.69) is 15.2 Å². The van der Waals surface area contributed by atoms with Crippen molar-refractivity contribution < 1.29 is 22.3 Å². The van der Waals surface area contributed by atoms with Crippen molar-refractivity contribution in [2.24, 2.45) is 0 Å². The Balaban J connectivity index is 1.28. The van der Waals surface area contributed by atoms with Crippen LogP contribution < -0.4 is 16.6 Å². The smallest absolute Gasteiger partial charge is 0.333 e. The number of carbonyl (C=O) groups excluding carboxylic acids is 1. The maximum absolute atomic E-state index is 15.2. The zero-order valence-electron chi connectivity index (χ0n) is 23.0. The first-order chi connectivity index (χ1) is 20.1. The van der Waals surface area contributed by atoms with E-state index in [-0.39, 0.29) is 27.3 Å². The number of aromatic amines is 1. The van der Waals surface area contributed by atoms with Crippen LogP contribution in [0.3, 0.4) is 0 Å². The number of ether oxygens (including phenoxy) is 1. The second-order valence-corrected chi connectivity index (χ2v) is 13.7. The van der Waals surface area contributed by atoms with Gasteiger partial charge in [0.1, 0.15) is 15.8 Å². The molecule has 0 atom stereocenters. The van der Waals surface area contributed by atoms with E-state index >= 15 is 4.39 Å². The number of anilines is 1. The van der Waals surface area contributed by atoms with E-state index in [0.29, 0.717) is 16.6 Å². The SMILES string of the molecule is Cc1ccc(S(=O)(=O)CC(=O)Cc2ccc(-n3c(=O)[nH]c4cc(NCCCN5CCOCC5)ccc4c3=O)c(F)c2)s1. The van der Waals surface area contributed by atoms with Crippen LogP contribution in [-0.2, 0) is 25.8 Å². The molecule has 42 heavy (non-hydrogen) atoms. The highest BCUT2D eigenvalue weighted by atomic mass is 32.2. The number of benzene rings is 2. The van der Waals surface area contributed by atoms with Crippen molar-refractivity contribution in [3.8, 4) is 5.69 Å². The molecule has 1 aliphatic rings. The number of sulfone groups is 1. The Hall–Kier alpha value is -3.65. The van der Waals surface area contributed by atoms with Crippen molar-refractivity contribution in [2.75, 3.05) is 50.5 Å². The number of fused-ring (bicyclic) bond motifs is 1. The van der Waals surface area contributed by atoms with Crippen LogP contribution in [0.4, 0.5) is 10.1 Å². The number of ketones is 1. The maximum Gasteiger partial charge on any atom is 0.333 e. The molecule has 0 amide bonds. The van der Waals surface area contributed by atoms with Gasteiger partial charge in [-0.2, -0.15) is 0 Å². The Labute approximate surface area is 245 Å². The van der Waals surface area contributed by atoms with Gasteiger partial charge in [0.2, 0.25) is 0 Å². The van der Waals surface area contributed by atoms with E-state index < -0.39 is 38.4 Å². The van der Waals surface area contributed by atoms with Crippen LogP contribution in [-0.4, -0.2) is 73.8 Å². The average Bonchev–Trinajstić information content (AvgIpc) is 3.40. The van der Waals surface area contributed by atoms with Crippen molar-refractivity contribution in [3.63, 3.8) is 0 Å². The Morgan fingerprint density at radius 3 is 2.60 bits per heavy atom. The zero-order chi connectivity index (χ0) is 29.9. The number of nitrogens with zero attached hydrogens (tertiary/aromatic N) is 2. The molecule has 10 nitrogen and oxygen atoms in total. The van der Waals surface area contributed by atoms with Gasteiger partial charge >= 0.3 is 5.69 Å². The van der Waals surface area contributed by atoms with Gasteiger partial charge in [-0.05, 0) is 67.9 Å². The molecule has 0 aliphatic carbocycles. The average molecular weight is 615 g/mol. The van der Waals surface area contributed by atoms with E-state index in [1.807, 2.05) is 0 Å². The number of thiophene rings is 1. The summed E-state index contributed by atoms with van der Waals surface area (Å²) in [7, 11) is -3.79. The summed E-state index contributed by atoms with van der Waals surface area (Å²) in [5.74, 6) is -2.19. The number of rotatable bonds is 11. The summed E-state index contributed by atoms with van der Waals surface area (Å²) >= 11 is 1.08. The van der Waals surface area contributed by atoms with Gasteiger partial charge in [0, 0.05) is 36.6 Å². The van der Waals surface area contributed by atoms with Crippen LogP contribution >= 0.6 is 11.3 Å². The highest BCUT2D eigenvalue weighted by Gasteiger charge is 2.22. The minimum Gasteiger partial charge on any atom is -0.385 e. The first-order valence-corrected chi connectivity index (χ1v) is 16.0. The van der Waals surface area contributed by atoms with Crippen molar-refractivity contribution >= 4 is 43.5 Å². The highest BCUT2D eigenvalue weighted by Crippen LogP contribution is 2.23. The number of hydrogen-bond acceptors (Lipinski definition) is 9. The summed E-state index contributed by atoms with van der Waals surface area (Å²) in [6.07, 6.45) is 0.604. The number of hydrogen-bond donors (Lipinski definition) is 2. The molecule has 13 heteroatoms. The number of aryl methyl sites for hydroxylation is 1. The second kappa shape index (κ2) is 12.7. The lowest BCUT2D eigenvalue weighted by Crippen LogP contribution is -2.37. The van der Waals surface area contributed by atoms with Crippen molar-refractivity contribution in [2.45, 2.75) is 24.0 Å². The highest BCUT2D eigenvalue weighted by molar-refractivity contribution is 7.94. The third-order valence-electron chi connectivity index (χ3n) is 7.01.